The molecule has 0 unspecified atom stereocenters. The van der Waals surface area contributed by atoms with Crippen LogP contribution in [0.15, 0.2) is 67.0 Å². The minimum Gasteiger partial charge on any atom is -0.481 e. The molecular weight excluding hydrogens is 580 g/mol. The number of fused-ring (bicyclic) bond motifs is 2. The highest BCUT2D eigenvalue weighted by atomic mass is 35.5. The summed E-state index contributed by atoms with van der Waals surface area (Å²) in [5, 5.41) is 25.1. The second kappa shape index (κ2) is 11.9. The quantitative estimate of drug-likeness (QED) is 0.203. The second-order valence-corrected chi connectivity index (χ2v) is 13.0. The summed E-state index contributed by atoms with van der Waals surface area (Å²) in [6, 6.07) is 17.9. The molecule has 0 atom stereocenters. The molecule has 0 aliphatic heterocycles. The largest absolute Gasteiger partial charge is 0.481 e. The SMILES string of the molecule is CC(C)(C)O.Cc1cc2nc(-c3cnc(C)c(-c4ccc5c(cnn5C)c4)c3)sc2c(-c2ccc(Cl)cc2)c1CC(=O)O. The van der Waals surface area contributed by atoms with Gasteiger partial charge in [-0.1, -0.05) is 29.8 Å². The molecule has 0 spiro atoms. The molecule has 0 aliphatic carbocycles. The predicted molar refractivity (Wildman–Crippen MR) is 176 cm³/mol. The molecule has 0 aliphatic rings. The van der Waals surface area contributed by atoms with E-state index in [4.69, 9.17) is 26.7 Å². The summed E-state index contributed by atoms with van der Waals surface area (Å²) in [7, 11) is 1.93. The van der Waals surface area contributed by atoms with Crippen molar-refractivity contribution in [2.45, 2.75) is 46.6 Å². The van der Waals surface area contributed by atoms with Crippen molar-refractivity contribution in [3.8, 4) is 32.8 Å². The predicted octanol–water partition coefficient (Wildman–Crippen LogP) is 8.25. The first-order chi connectivity index (χ1) is 20.3. The van der Waals surface area contributed by atoms with Crippen LogP contribution in [0.25, 0.3) is 53.9 Å². The third kappa shape index (κ3) is 6.77. The van der Waals surface area contributed by atoms with Gasteiger partial charge in [0.25, 0.3) is 0 Å². The zero-order valence-electron chi connectivity index (χ0n) is 24.9. The molecule has 0 saturated carbocycles. The first kappa shape index (κ1) is 30.4. The Balaban J connectivity index is 0.000000682. The number of nitrogens with zero attached hydrogens (tertiary/aromatic N) is 4. The van der Waals surface area contributed by atoms with Crippen molar-refractivity contribution in [2.75, 3.05) is 0 Å². The molecule has 2 N–H and O–H groups in total. The van der Waals surface area contributed by atoms with Crippen molar-refractivity contribution in [2.24, 2.45) is 7.05 Å². The average Bonchev–Trinajstić information content (AvgIpc) is 3.52. The number of carbonyl (C=O) groups is 1. The maximum atomic E-state index is 11.8. The Labute approximate surface area is 259 Å². The minimum atomic E-state index is -0.870. The van der Waals surface area contributed by atoms with Gasteiger partial charge in [0, 0.05) is 46.0 Å². The highest BCUT2D eigenvalue weighted by Crippen LogP contribution is 2.41. The zero-order valence-corrected chi connectivity index (χ0v) is 26.5. The van der Waals surface area contributed by atoms with Crippen molar-refractivity contribution < 1.29 is 15.0 Å². The van der Waals surface area contributed by atoms with E-state index in [-0.39, 0.29) is 6.42 Å². The lowest BCUT2D eigenvalue weighted by atomic mass is 9.93. The lowest BCUT2D eigenvalue weighted by Gasteiger charge is -2.13. The van der Waals surface area contributed by atoms with Gasteiger partial charge in [-0.3, -0.25) is 14.5 Å². The number of aryl methyl sites for hydroxylation is 3. The Bertz CT molecular complexity index is 1960. The third-order valence-electron chi connectivity index (χ3n) is 6.86. The van der Waals surface area contributed by atoms with Crippen LogP contribution >= 0.6 is 22.9 Å². The summed E-state index contributed by atoms with van der Waals surface area (Å²) in [4.78, 5) is 21.4. The van der Waals surface area contributed by atoms with Crippen LogP contribution in [0.1, 0.15) is 37.6 Å². The van der Waals surface area contributed by atoms with E-state index in [0.717, 1.165) is 70.8 Å². The van der Waals surface area contributed by atoms with Gasteiger partial charge in [-0.15, -0.1) is 11.3 Å². The van der Waals surface area contributed by atoms with Gasteiger partial charge < -0.3 is 10.2 Å². The van der Waals surface area contributed by atoms with Gasteiger partial charge in [-0.05, 0) is 93.3 Å². The van der Waals surface area contributed by atoms with Gasteiger partial charge >= 0.3 is 5.97 Å². The lowest BCUT2D eigenvalue weighted by molar-refractivity contribution is -0.136. The zero-order chi connectivity index (χ0) is 31.1. The van der Waals surface area contributed by atoms with E-state index in [9.17, 15) is 9.90 Å². The molecule has 6 aromatic rings. The molecule has 0 fully saturated rings. The molecule has 0 bridgehead atoms. The van der Waals surface area contributed by atoms with E-state index >= 15 is 0 Å². The highest BCUT2D eigenvalue weighted by molar-refractivity contribution is 7.22. The Morgan fingerprint density at radius 3 is 2.33 bits per heavy atom. The van der Waals surface area contributed by atoms with E-state index < -0.39 is 11.6 Å². The fourth-order valence-electron chi connectivity index (χ4n) is 4.93. The number of halogens is 1. The Morgan fingerprint density at radius 1 is 0.977 bits per heavy atom. The molecule has 0 saturated heterocycles. The van der Waals surface area contributed by atoms with Gasteiger partial charge in [0.05, 0.1) is 34.0 Å². The first-order valence-corrected chi connectivity index (χ1v) is 15.0. The van der Waals surface area contributed by atoms with Crippen LogP contribution in [0.3, 0.4) is 0 Å². The fraction of sp³-hybridized carbons (Fsp3) is 0.235. The average molecular weight is 613 g/mol. The normalized spacial score (nSPS) is 11.5. The number of rotatable bonds is 5. The van der Waals surface area contributed by atoms with Gasteiger partial charge in [0.15, 0.2) is 0 Å². The molecule has 3 heterocycles. The van der Waals surface area contributed by atoms with Gasteiger partial charge in [-0.2, -0.15) is 5.10 Å². The number of carboxylic acid groups (broad SMARTS) is 1. The summed E-state index contributed by atoms with van der Waals surface area (Å²) in [6.07, 6.45) is 3.65. The Kier molecular flexibility index (Phi) is 8.38. The van der Waals surface area contributed by atoms with Crippen molar-refractivity contribution in [1.82, 2.24) is 19.7 Å². The number of pyridine rings is 1. The molecule has 0 amide bonds. The van der Waals surface area contributed by atoms with Crippen LogP contribution in [-0.4, -0.2) is 41.5 Å². The standard InChI is InChI=1S/C30H23ClN4O2S.C4H10O/c1-16-10-25-29(28(23(16)13-27(36)37)18-4-7-22(31)8-5-18)38-30(34-25)21-12-24(17(2)32-14-21)19-6-9-26-20(11-19)15-33-35(26)3;1-4(2,3)5/h4-12,14-15H,13H2,1-3H3,(H,36,37);5H,1-3H3. The maximum Gasteiger partial charge on any atom is 0.307 e. The number of aliphatic hydroxyl groups is 1. The van der Waals surface area contributed by atoms with Crippen LogP contribution in [-0.2, 0) is 18.3 Å². The van der Waals surface area contributed by atoms with Crippen molar-refractivity contribution in [3.05, 3.63) is 88.8 Å². The number of hydrogen-bond donors (Lipinski definition) is 2. The number of hydrogen-bond acceptors (Lipinski definition) is 6. The fourth-order valence-corrected chi connectivity index (χ4v) is 6.18. The molecule has 6 rings (SSSR count). The number of benzene rings is 3. The van der Waals surface area contributed by atoms with Crippen LogP contribution in [0, 0.1) is 13.8 Å². The van der Waals surface area contributed by atoms with E-state index in [0.29, 0.717) is 5.02 Å². The van der Waals surface area contributed by atoms with Crippen molar-refractivity contribution in [1.29, 1.82) is 0 Å². The minimum absolute atomic E-state index is 0.0694. The summed E-state index contributed by atoms with van der Waals surface area (Å²) in [5.41, 5.74) is 8.85. The third-order valence-corrected chi connectivity index (χ3v) is 8.25. The van der Waals surface area contributed by atoms with Gasteiger partial charge in [-0.25, -0.2) is 4.98 Å². The van der Waals surface area contributed by atoms with Crippen LogP contribution < -0.4 is 0 Å². The summed E-state index contributed by atoms with van der Waals surface area (Å²) < 4.78 is 2.81. The Hall–Kier alpha value is -4.11. The smallest absolute Gasteiger partial charge is 0.307 e. The monoisotopic (exact) mass is 612 g/mol. The van der Waals surface area contributed by atoms with E-state index in [1.54, 1.807) is 32.1 Å². The van der Waals surface area contributed by atoms with Crippen LogP contribution in [0.4, 0.5) is 0 Å². The molecule has 3 aromatic carbocycles. The summed E-state index contributed by atoms with van der Waals surface area (Å²) in [6.45, 7) is 9.17. The topological polar surface area (TPSA) is 101 Å². The molecule has 0 radical (unpaired) electrons. The molecule has 43 heavy (non-hydrogen) atoms. The summed E-state index contributed by atoms with van der Waals surface area (Å²) in [5.74, 6) is -0.870. The molecular formula is C34H33ClN4O3S. The molecule has 9 heteroatoms. The maximum absolute atomic E-state index is 11.8. The molecule has 7 nitrogen and oxygen atoms in total. The first-order valence-electron chi connectivity index (χ1n) is 13.8. The van der Waals surface area contributed by atoms with E-state index in [2.05, 4.69) is 29.4 Å². The Morgan fingerprint density at radius 2 is 1.65 bits per heavy atom. The number of aromatic nitrogens is 4. The lowest BCUT2D eigenvalue weighted by Crippen LogP contribution is -2.10. The molecule has 3 aromatic heterocycles. The number of carboxylic acids is 1. The number of thiazole rings is 1. The van der Waals surface area contributed by atoms with E-state index in [1.165, 1.54) is 0 Å². The van der Waals surface area contributed by atoms with Crippen LogP contribution in [0.2, 0.25) is 5.02 Å². The second-order valence-electron chi connectivity index (χ2n) is 11.6. The highest BCUT2D eigenvalue weighted by Gasteiger charge is 2.20. The number of aliphatic carboxylic acids is 1. The van der Waals surface area contributed by atoms with Crippen molar-refractivity contribution in [3.63, 3.8) is 0 Å². The van der Waals surface area contributed by atoms with Crippen LogP contribution in [0.5, 0.6) is 0 Å². The van der Waals surface area contributed by atoms with Gasteiger partial charge in [0.1, 0.15) is 5.01 Å². The van der Waals surface area contributed by atoms with Gasteiger partial charge in [0.2, 0.25) is 0 Å². The van der Waals surface area contributed by atoms with Crippen molar-refractivity contribution >= 4 is 50.0 Å². The van der Waals surface area contributed by atoms with E-state index in [1.807, 2.05) is 68.3 Å². The summed E-state index contributed by atoms with van der Waals surface area (Å²) >= 11 is 7.70. The molecule has 220 valence electrons.